The second-order valence-electron chi connectivity index (χ2n) is 7.98. The zero-order valence-corrected chi connectivity index (χ0v) is 20.2. The maximum Gasteiger partial charge on any atom is 0.338 e. The molecule has 0 amide bonds. The Labute approximate surface area is 206 Å². The average Bonchev–Trinajstić information content (AvgIpc) is 2.85. The van der Waals surface area contributed by atoms with Crippen LogP contribution >= 0.6 is 0 Å². The van der Waals surface area contributed by atoms with E-state index in [-0.39, 0.29) is 0 Å². The van der Waals surface area contributed by atoms with Crippen molar-refractivity contribution in [1.82, 2.24) is 0 Å². The van der Waals surface area contributed by atoms with Gasteiger partial charge in [0.25, 0.3) is 0 Å². The molecule has 3 aromatic rings. The molecule has 0 N–H and O–H groups in total. The minimum atomic E-state index is -0.460. The van der Waals surface area contributed by atoms with E-state index in [1.807, 2.05) is 61.5 Å². The average molecular weight is 469 g/mol. The third kappa shape index (κ3) is 6.81. The number of carbonyl (C=O) groups excluding carboxylic acids is 2. The summed E-state index contributed by atoms with van der Waals surface area (Å²) < 4.78 is 16.6. The van der Waals surface area contributed by atoms with Crippen molar-refractivity contribution in [2.75, 3.05) is 6.61 Å². The molecule has 0 aliphatic carbocycles. The predicted octanol–water partition coefficient (Wildman–Crippen LogP) is 6.94. The molecule has 0 atom stereocenters. The monoisotopic (exact) mass is 468 g/mol. The molecule has 0 bridgehead atoms. The van der Waals surface area contributed by atoms with Gasteiger partial charge in [0.05, 0.1) is 0 Å². The molecule has 0 aliphatic heterocycles. The Morgan fingerprint density at radius 1 is 0.743 bits per heavy atom. The van der Waals surface area contributed by atoms with E-state index in [1.165, 1.54) is 0 Å². The van der Waals surface area contributed by atoms with Gasteiger partial charge in [0, 0.05) is 16.7 Å². The number of hydrogen-bond donors (Lipinski definition) is 0. The molecule has 5 heteroatoms. The quantitative estimate of drug-likeness (QED) is 0.147. The van der Waals surface area contributed by atoms with Crippen LogP contribution in [0.2, 0.25) is 0 Å². The highest BCUT2D eigenvalue weighted by Gasteiger charge is 2.12. The molecule has 0 heterocycles. The van der Waals surface area contributed by atoms with Crippen molar-refractivity contribution in [2.24, 2.45) is 0 Å². The lowest BCUT2D eigenvalue weighted by molar-refractivity contribution is -0.130. The van der Waals surface area contributed by atoms with E-state index in [4.69, 9.17) is 14.2 Å². The second kappa shape index (κ2) is 11.7. The molecule has 0 saturated heterocycles. The van der Waals surface area contributed by atoms with Crippen LogP contribution in [-0.2, 0) is 9.59 Å². The van der Waals surface area contributed by atoms with Crippen molar-refractivity contribution in [3.63, 3.8) is 0 Å². The summed E-state index contributed by atoms with van der Waals surface area (Å²) in [6.07, 6.45) is 3.86. The summed E-state index contributed by atoms with van der Waals surface area (Å²) in [7, 11) is 0. The maximum absolute atomic E-state index is 11.8. The van der Waals surface area contributed by atoms with Gasteiger partial charge in [-0.1, -0.05) is 61.7 Å². The van der Waals surface area contributed by atoms with Crippen molar-refractivity contribution in [3.8, 4) is 39.5 Å². The van der Waals surface area contributed by atoms with Gasteiger partial charge in [-0.25, -0.2) is 9.59 Å². The van der Waals surface area contributed by atoms with E-state index in [2.05, 4.69) is 13.2 Å². The maximum atomic E-state index is 11.8. The third-order valence-electron chi connectivity index (χ3n) is 5.02. The summed E-state index contributed by atoms with van der Waals surface area (Å²) in [6, 6.07) is 20.5. The Morgan fingerprint density at radius 2 is 1.23 bits per heavy atom. The molecule has 0 saturated carbocycles. The van der Waals surface area contributed by atoms with Gasteiger partial charge in [-0.05, 0) is 67.8 Å². The molecule has 3 rings (SSSR count). The molecule has 0 aromatic heterocycles. The minimum absolute atomic E-state index is 0.339. The van der Waals surface area contributed by atoms with Crippen molar-refractivity contribution >= 4 is 11.9 Å². The highest BCUT2D eigenvalue weighted by Crippen LogP contribution is 2.35. The number of benzene rings is 3. The molecule has 35 heavy (non-hydrogen) atoms. The van der Waals surface area contributed by atoms with Crippen LogP contribution in [0, 0.1) is 0 Å². The lowest BCUT2D eigenvalue weighted by atomic mass is 9.99. The fourth-order valence-corrected chi connectivity index (χ4v) is 3.10. The largest absolute Gasteiger partial charge is 0.489 e. The Bertz CT molecular complexity index is 1270. The molecule has 0 unspecified atom stereocenters. The van der Waals surface area contributed by atoms with Crippen LogP contribution < -0.4 is 14.2 Å². The van der Waals surface area contributed by atoms with Gasteiger partial charge < -0.3 is 14.2 Å². The van der Waals surface area contributed by atoms with E-state index >= 15 is 0 Å². The highest BCUT2D eigenvalue weighted by molar-refractivity contribution is 5.89. The van der Waals surface area contributed by atoms with E-state index in [0.717, 1.165) is 22.3 Å². The second-order valence-corrected chi connectivity index (χ2v) is 7.98. The Kier molecular flexibility index (Phi) is 8.41. The molecular weight excluding hydrogens is 440 g/mol. The fraction of sp³-hybridized carbons (Fsp3) is 0.133. The van der Waals surface area contributed by atoms with E-state index in [0.29, 0.717) is 35.0 Å². The number of esters is 2. The SMILES string of the molecule is C=C(C)C(=O)Oc1ccc(-c2ccc(-c3ccc(OC(=O)C(=C)C)cc3)c(OC/C=C/C)c2)cc1. The van der Waals surface area contributed by atoms with Crippen molar-refractivity contribution in [1.29, 1.82) is 0 Å². The van der Waals surface area contributed by atoms with Crippen LogP contribution in [0.1, 0.15) is 20.8 Å². The molecule has 3 aromatic carbocycles. The van der Waals surface area contributed by atoms with Gasteiger partial charge in [-0.15, -0.1) is 0 Å². The first kappa shape index (κ1) is 25.2. The molecule has 0 fully saturated rings. The summed E-state index contributed by atoms with van der Waals surface area (Å²) in [4.78, 5) is 23.5. The van der Waals surface area contributed by atoms with Crippen LogP contribution in [0.3, 0.4) is 0 Å². The summed E-state index contributed by atoms with van der Waals surface area (Å²) in [5, 5.41) is 0. The third-order valence-corrected chi connectivity index (χ3v) is 5.02. The zero-order valence-electron chi connectivity index (χ0n) is 20.2. The fourth-order valence-electron chi connectivity index (χ4n) is 3.10. The normalized spacial score (nSPS) is 10.6. The van der Waals surface area contributed by atoms with Gasteiger partial charge in [0.2, 0.25) is 0 Å². The molecule has 5 nitrogen and oxygen atoms in total. The van der Waals surface area contributed by atoms with E-state index < -0.39 is 11.9 Å². The number of carbonyl (C=O) groups is 2. The summed E-state index contributed by atoms with van der Waals surface area (Å²) >= 11 is 0. The highest BCUT2D eigenvalue weighted by atomic mass is 16.5. The van der Waals surface area contributed by atoms with E-state index in [9.17, 15) is 9.59 Å². The standard InChI is InChI=1S/C30H28O5/c1-6-7-18-33-28-19-24(22-8-13-25(14-9-22)34-29(31)20(2)3)12-17-27(28)23-10-15-26(16-11-23)35-30(32)21(4)5/h6-17,19H,2,4,18H2,1,3,5H3/b7-6+. The smallest absolute Gasteiger partial charge is 0.338 e. The van der Waals surface area contributed by atoms with Crippen molar-refractivity contribution < 1.29 is 23.8 Å². The van der Waals surface area contributed by atoms with Crippen molar-refractivity contribution in [3.05, 3.63) is 103 Å². The molecule has 178 valence electrons. The van der Waals surface area contributed by atoms with Crippen molar-refractivity contribution in [2.45, 2.75) is 20.8 Å². The number of ether oxygens (including phenoxy) is 3. The zero-order chi connectivity index (χ0) is 25.4. The van der Waals surface area contributed by atoms with Crippen LogP contribution in [-0.4, -0.2) is 18.5 Å². The van der Waals surface area contributed by atoms with E-state index in [1.54, 1.807) is 38.1 Å². The topological polar surface area (TPSA) is 61.8 Å². The van der Waals surface area contributed by atoms with Gasteiger partial charge >= 0.3 is 11.9 Å². The summed E-state index contributed by atoms with van der Waals surface area (Å²) in [5.74, 6) is 0.697. The first-order chi connectivity index (χ1) is 16.8. The van der Waals surface area contributed by atoms with Gasteiger partial charge in [0.15, 0.2) is 0 Å². The first-order valence-corrected chi connectivity index (χ1v) is 11.1. The van der Waals surface area contributed by atoms with Gasteiger partial charge in [-0.3, -0.25) is 0 Å². The first-order valence-electron chi connectivity index (χ1n) is 11.1. The number of allylic oxidation sites excluding steroid dienone is 1. The number of hydrogen-bond acceptors (Lipinski definition) is 5. The van der Waals surface area contributed by atoms with Crippen LogP contribution in [0.15, 0.2) is 103 Å². The lowest BCUT2D eigenvalue weighted by Crippen LogP contribution is -2.07. The van der Waals surface area contributed by atoms with Crippen LogP contribution in [0.4, 0.5) is 0 Å². The summed E-state index contributed by atoms with van der Waals surface area (Å²) in [6.45, 7) is 12.8. The van der Waals surface area contributed by atoms with Crippen LogP contribution in [0.5, 0.6) is 17.2 Å². The Morgan fingerprint density at radius 3 is 1.71 bits per heavy atom. The number of rotatable bonds is 9. The molecule has 0 radical (unpaired) electrons. The molecule has 0 aliphatic rings. The minimum Gasteiger partial charge on any atom is -0.489 e. The summed E-state index contributed by atoms with van der Waals surface area (Å²) in [5.41, 5.74) is 4.41. The molecule has 0 spiro atoms. The van der Waals surface area contributed by atoms with Gasteiger partial charge in [0.1, 0.15) is 23.9 Å². The lowest BCUT2D eigenvalue weighted by Gasteiger charge is -2.14. The Hall–Kier alpha value is -4.38. The van der Waals surface area contributed by atoms with Crippen LogP contribution in [0.25, 0.3) is 22.3 Å². The predicted molar refractivity (Wildman–Crippen MR) is 139 cm³/mol. The molecular formula is C30H28O5. The van der Waals surface area contributed by atoms with Gasteiger partial charge in [-0.2, -0.15) is 0 Å². The Balaban J connectivity index is 1.88.